The minimum Gasteiger partial charge on any atom is -0.364 e. The summed E-state index contributed by atoms with van der Waals surface area (Å²) < 4.78 is 31.6. The second kappa shape index (κ2) is 5.60. The molecule has 7 heteroatoms. The molecule has 0 aliphatic carbocycles. The van der Waals surface area contributed by atoms with E-state index in [0.717, 1.165) is 13.1 Å². The molecule has 2 heterocycles. The van der Waals surface area contributed by atoms with E-state index in [2.05, 4.69) is 40.1 Å². The molecule has 0 spiro atoms. The topological polar surface area (TPSA) is 75.4 Å². The van der Waals surface area contributed by atoms with Gasteiger partial charge < -0.3 is 4.52 Å². The molecule has 0 amide bonds. The van der Waals surface area contributed by atoms with Crippen LogP contribution < -0.4 is 4.72 Å². The van der Waals surface area contributed by atoms with E-state index < -0.39 is 10.0 Å². The average Bonchev–Trinajstić information content (AvgIpc) is 2.88. The molecule has 0 unspecified atom stereocenters. The van der Waals surface area contributed by atoms with Gasteiger partial charge in [0.2, 0.25) is 10.0 Å². The van der Waals surface area contributed by atoms with Gasteiger partial charge in [-0.3, -0.25) is 4.90 Å². The molecule has 1 aromatic rings. The Bertz CT molecular complexity index is 498. The zero-order valence-electron chi connectivity index (χ0n) is 11.5. The van der Waals surface area contributed by atoms with Gasteiger partial charge in [-0.25, -0.2) is 13.1 Å². The highest BCUT2D eigenvalue weighted by molar-refractivity contribution is 7.88. The third-order valence-electron chi connectivity index (χ3n) is 3.53. The Morgan fingerprint density at radius 3 is 2.79 bits per heavy atom. The third kappa shape index (κ3) is 3.77. The number of likely N-dealkylation sites (tertiary alicyclic amines) is 1. The third-order valence-corrected chi connectivity index (χ3v) is 4.87. The lowest BCUT2D eigenvalue weighted by Gasteiger charge is -2.20. The van der Waals surface area contributed by atoms with Crippen molar-refractivity contribution in [2.45, 2.75) is 38.6 Å². The summed E-state index contributed by atoms with van der Waals surface area (Å²) >= 11 is 0. The molecule has 108 valence electrons. The summed E-state index contributed by atoms with van der Waals surface area (Å²) in [6, 6.07) is 1.98. The Hall–Kier alpha value is -0.920. The largest absolute Gasteiger partial charge is 0.364 e. The quantitative estimate of drug-likeness (QED) is 0.868. The van der Waals surface area contributed by atoms with Crippen LogP contribution in [0.3, 0.4) is 0 Å². The van der Waals surface area contributed by atoms with Crippen molar-refractivity contribution >= 4 is 10.0 Å². The molecule has 1 N–H and O–H groups in total. The van der Waals surface area contributed by atoms with Gasteiger partial charge in [-0.1, -0.05) is 12.1 Å². The fourth-order valence-corrected chi connectivity index (χ4v) is 3.75. The molecule has 1 aromatic heterocycles. The number of nitrogens with zero attached hydrogens (tertiary/aromatic N) is 2. The number of aromatic nitrogens is 1. The SMILES string of the molecule is CC(C)N1C[C@H](NS(=O)(=O)Cc2ccon2)[C@@H](C)C1. The molecule has 1 fully saturated rings. The van der Waals surface area contributed by atoms with Crippen LogP contribution in [-0.4, -0.2) is 43.6 Å². The van der Waals surface area contributed by atoms with Crippen molar-refractivity contribution in [2.24, 2.45) is 5.92 Å². The van der Waals surface area contributed by atoms with Crippen LogP contribution in [0.1, 0.15) is 26.5 Å². The first kappa shape index (κ1) is 14.5. The maximum Gasteiger partial charge on any atom is 0.217 e. The molecule has 0 bridgehead atoms. The Kier molecular flexibility index (Phi) is 4.27. The molecular formula is C12H21N3O3S. The van der Waals surface area contributed by atoms with Crippen LogP contribution in [0.15, 0.2) is 16.9 Å². The molecule has 19 heavy (non-hydrogen) atoms. The molecule has 1 aliphatic rings. The lowest BCUT2D eigenvalue weighted by atomic mass is 10.1. The number of nitrogens with one attached hydrogen (secondary N) is 1. The maximum absolute atomic E-state index is 12.1. The van der Waals surface area contributed by atoms with Crippen molar-refractivity contribution in [1.29, 1.82) is 0 Å². The van der Waals surface area contributed by atoms with Gasteiger partial charge in [0.25, 0.3) is 0 Å². The van der Waals surface area contributed by atoms with Crippen molar-refractivity contribution in [2.75, 3.05) is 13.1 Å². The van der Waals surface area contributed by atoms with Crippen molar-refractivity contribution in [3.8, 4) is 0 Å². The highest BCUT2D eigenvalue weighted by Crippen LogP contribution is 2.19. The fraction of sp³-hybridized carbons (Fsp3) is 0.750. The Morgan fingerprint density at radius 2 is 2.26 bits per heavy atom. The summed E-state index contributed by atoms with van der Waals surface area (Å²) in [7, 11) is -3.37. The molecule has 0 saturated carbocycles. The van der Waals surface area contributed by atoms with Gasteiger partial charge in [-0.15, -0.1) is 0 Å². The Labute approximate surface area is 114 Å². The molecular weight excluding hydrogens is 266 g/mol. The van der Waals surface area contributed by atoms with E-state index in [-0.39, 0.29) is 11.8 Å². The van der Waals surface area contributed by atoms with Crippen molar-refractivity contribution < 1.29 is 12.9 Å². The van der Waals surface area contributed by atoms with Crippen LogP contribution in [-0.2, 0) is 15.8 Å². The maximum atomic E-state index is 12.1. The van der Waals surface area contributed by atoms with E-state index in [1.165, 1.54) is 6.26 Å². The standard InChI is InChI=1S/C12H21N3O3S/c1-9(2)15-6-10(3)12(7-15)14-19(16,17)8-11-4-5-18-13-11/h4-5,9-10,12,14H,6-8H2,1-3H3/t10-,12-/m0/s1. The van der Waals surface area contributed by atoms with Crippen molar-refractivity contribution in [3.05, 3.63) is 18.0 Å². The molecule has 2 rings (SSSR count). The molecule has 0 aromatic carbocycles. The molecule has 1 aliphatic heterocycles. The molecule has 2 atom stereocenters. The van der Waals surface area contributed by atoms with E-state index in [4.69, 9.17) is 0 Å². The summed E-state index contributed by atoms with van der Waals surface area (Å²) in [6.45, 7) is 8.01. The van der Waals surface area contributed by atoms with Gasteiger partial charge in [0.05, 0.1) is 5.69 Å². The van der Waals surface area contributed by atoms with Crippen LogP contribution in [0.5, 0.6) is 0 Å². The van der Waals surface area contributed by atoms with Gasteiger partial charge in [0, 0.05) is 31.2 Å². The monoisotopic (exact) mass is 287 g/mol. The first-order valence-electron chi connectivity index (χ1n) is 6.50. The smallest absolute Gasteiger partial charge is 0.217 e. The number of sulfonamides is 1. The summed E-state index contributed by atoms with van der Waals surface area (Å²) in [5.74, 6) is 0.184. The van der Waals surface area contributed by atoms with Gasteiger partial charge in [-0.2, -0.15) is 0 Å². The number of hydrogen-bond donors (Lipinski definition) is 1. The van der Waals surface area contributed by atoms with E-state index in [1.807, 2.05) is 0 Å². The second-order valence-electron chi connectivity index (χ2n) is 5.50. The summed E-state index contributed by atoms with van der Waals surface area (Å²) in [5, 5.41) is 3.63. The fourth-order valence-electron chi connectivity index (χ4n) is 2.36. The number of rotatable bonds is 5. The zero-order chi connectivity index (χ0) is 14.0. The van der Waals surface area contributed by atoms with Crippen molar-refractivity contribution in [1.82, 2.24) is 14.8 Å². The van der Waals surface area contributed by atoms with Crippen molar-refractivity contribution in [3.63, 3.8) is 0 Å². The Balaban J connectivity index is 1.97. The first-order chi connectivity index (χ1) is 8.87. The summed E-state index contributed by atoms with van der Waals surface area (Å²) in [4.78, 5) is 2.29. The second-order valence-corrected chi connectivity index (χ2v) is 7.25. The van der Waals surface area contributed by atoms with Gasteiger partial charge in [-0.05, 0) is 19.8 Å². The normalized spacial score (nSPS) is 25.3. The van der Waals surface area contributed by atoms with E-state index >= 15 is 0 Å². The van der Waals surface area contributed by atoms with Crippen LogP contribution in [0.4, 0.5) is 0 Å². The van der Waals surface area contributed by atoms with E-state index in [0.29, 0.717) is 17.7 Å². The summed E-state index contributed by atoms with van der Waals surface area (Å²) in [6.07, 6.45) is 1.38. The minimum absolute atomic E-state index is 0.0284. The highest BCUT2D eigenvalue weighted by atomic mass is 32.2. The van der Waals surface area contributed by atoms with Gasteiger partial charge in [0.15, 0.2) is 0 Å². The van der Waals surface area contributed by atoms with Crippen LogP contribution in [0, 0.1) is 5.92 Å². The van der Waals surface area contributed by atoms with Crippen LogP contribution in [0.2, 0.25) is 0 Å². The average molecular weight is 287 g/mol. The predicted octanol–water partition coefficient (Wildman–Crippen LogP) is 0.823. The van der Waals surface area contributed by atoms with Gasteiger partial charge in [0.1, 0.15) is 12.0 Å². The molecule has 6 nitrogen and oxygen atoms in total. The van der Waals surface area contributed by atoms with E-state index in [1.54, 1.807) is 6.07 Å². The summed E-state index contributed by atoms with van der Waals surface area (Å²) in [5.41, 5.74) is 0.430. The number of hydrogen-bond acceptors (Lipinski definition) is 5. The predicted molar refractivity (Wildman–Crippen MR) is 71.9 cm³/mol. The Morgan fingerprint density at radius 1 is 1.53 bits per heavy atom. The zero-order valence-corrected chi connectivity index (χ0v) is 12.4. The minimum atomic E-state index is -3.37. The van der Waals surface area contributed by atoms with Gasteiger partial charge >= 0.3 is 0 Å². The molecule has 0 radical (unpaired) electrons. The lowest BCUT2D eigenvalue weighted by Crippen LogP contribution is -2.41. The highest BCUT2D eigenvalue weighted by Gasteiger charge is 2.33. The molecule has 1 saturated heterocycles. The lowest BCUT2D eigenvalue weighted by molar-refractivity contribution is 0.265. The van der Waals surface area contributed by atoms with Crippen LogP contribution >= 0.6 is 0 Å². The van der Waals surface area contributed by atoms with E-state index in [9.17, 15) is 8.42 Å². The van der Waals surface area contributed by atoms with Crippen LogP contribution in [0.25, 0.3) is 0 Å². The first-order valence-corrected chi connectivity index (χ1v) is 8.16.